The first-order valence-corrected chi connectivity index (χ1v) is 11.9. The summed E-state index contributed by atoms with van der Waals surface area (Å²) in [6.45, 7) is 4.64. The lowest BCUT2D eigenvalue weighted by Gasteiger charge is -2.20. The van der Waals surface area contributed by atoms with Crippen LogP contribution in [-0.4, -0.2) is 32.5 Å². The number of nitrogens with zero attached hydrogens (tertiary/aromatic N) is 3. The zero-order valence-electron chi connectivity index (χ0n) is 17.2. The first kappa shape index (κ1) is 22.7. The number of nitrogens with one attached hydrogen (secondary N) is 1. The maximum atomic E-state index is 12.5. The Morgan fingerprint density at radius 2 is 1.90 bits per heavy atom. The van der Waals surface area contributed by atoms with Gasteiger partial charge in [0.2, 0.25) is 5.91 Å². The molecular formula is C22H29ClN4O2S. The van der Waals surface area contributed by atoms with Gasteiger partial charge in [0.1, 0.15) is 12.4 Å². The fourth-order valence-electron chi connectivity index (χ4n) is 3.52. The second kappa shape index (κ2) is 12.0. The van der Waals surface area contributed by atoms with E-state index < -0.39 is 0 Å². The molecule has 1 N–H and O–H groups in total. The number of hydrogen-bond acceptors (Lipinski definition) is 5. The van der Waals surface area contributed by atoms with Crippen molar-refractivity contribution in [2.45, 2.75) is 69.3 Å². The number of halogens is 1. The lowest BCUT2D eigenvalue weighted by molar-refractivity contribution is -0.119. The van der Waals surface area contributed by atoms with Crippen LogP contribution in [0.4, 0.5) is 0 Å². The largest absolute Gasteiger partial charge is 0.486 e. The van der Waals surface area contributed by atoms with Crippen LogP contribution in [-0.2, 0) is 17.9 Å². The molecule has 1 saturated carbocycles. The van der Waals surface area contributed by atoms with Gasteiger partial charge in [0.05, 0.1) is 5.75 Å². The van der Waals surface area contributed by atoms with Crippen LogP contribution >= 0.6 is 23.4 Å². The van der Waals surface area contributed by atoms with Crippen LogP contribution in [0.25, 0.3) is 0 Å². The summed E-state index contributed by atoms with van der Waals surface area (Å²) in [6.07, 6.45) is 10.2. The van der Waals surface area contributed by atoms with Gasteiger partial charge in [-0.1, -0.05) is 61.5 Å². The molecule has 2 aromatic rings. The highest BCUT2D eigenvalue weighted by molar-refractivity contribution is 7.99. The molecule has 162 valence electrons. The molecule has 8 heteroatoms. The van der Waals surface area contributed by atoms with Gasteiger partial charge in [0, 0.05) is 17.6 Å². The molecule has 0 atom stereocenters. The summed E-state index contributed by atoms with van der Waals surface area (Å²) in [4.78, 5) is 12.5. The van der Waals surface area contributed by atoms with E-state index in [2.05, 4.69) is 22.1 Å². The average Bonchev–Trinajstić information content (AvgIpc) is 3.10. The van der Waals surface area contributed by atoms with E-state index >= 15 is 0 Å². The van der Waals surface area contributed by atoms with Crippen molar-refractivity contribution in [2.24, 2.45) is 0 Å². The van der Waals surface area contributed by atoms with Gasteiger partial charge >= 0.3 is 0 Å². The number of aromatic nitrogens is 3. The Hall–Kier alpha value is -1.99. The van der Waals surface area contributed by atoms with Crippen molar-refractivity contribution in [3.63, 3.8) is 0 Å². The first-order valence-electron chi connectivity index (χ1n) is 10.5. The summed E-state index contributed by atoms with van der Waals surface area (Å²) in [5, 5.41) is 13.0. The number of benzene rings is 1. The number of rotatable bonds is 9. The van der Waals surface area contributed by atoms with Crippen LogP contribution in [0.3, 0.4) is 0 Å². The standard InChI is InChI=1S/C22H29ClN4O2S/c1-2-14-27-20(15-29-19-12-10-17(23)11-13-19)25-26-22(27)30-16-21(28)24-18-8-6-4-3-5-7-9-18/h2,10-13,18H,1,3-9,14-16H2,(H,24,28). The number of carbonyl (C=O) groups excluding carboxylic acids is 1. The minimum atomic E-state index is 0.0534. The maximum absolute atomic E-state index is 12.5. The Bertz CT molecular complexity index is 817. The van der Waals surface area contributed by atoms with Gasteiger partial charge in [-0.25, -0.2) is 0 Å². The van der Waals surface area contributed by atoms with E-state index in [4.69, 9.17) is 16.3 Å². The molecule has 0 bridgehead atoms. The smallest absolute Gasteiger partial charge is 0.230 e. The van der Waals surface area contributed by atoms with Crippen molar-refractivity contribution in [3.05, 3.63) is 47.8 Å². The zero-order chi connectivity index (χ0) is 21.2. The molecule has 1 fully saturated rings. The second-order valence-electron chi connectivity index (χ2n) is 7.44. The molecule has 30 heavy (non-hydrogen) atoms. The topological polar surface area (TPSA) is 69.0 Å². The van der Waals surface area contributed by atoms with E-state index in [9.17, 15) is 4.79 Å². The van der Waals surface area contributed by atoms with Crippen LogP contribution in [0.15, 0.2) is 42.1 Å². The lowest BCUT2D eigenvalue weighted by Crippen LogP contribution is -2.36. The van der Waals surface area contributed by atoms with Gasteiger partial charge in [0.15, 0.2) is 11.0 Å². The van der Waals surface area contributed by atoms with E-state index in [0.29, 0.717) is 40.1 Å². The number of hydrogen-bond donors (Lipinski definition) is 1. The summed E-state index contributed by atoms with van der Waals surface area (Å²) in [6, 6.07) is 7.48. The number of thioether (sulfide) groups is 1. The number of carbonyl (C=O) groups is 1. The Morgan fingerprint density at radius 1 is 1.20 bits per heavy atom. The van der Waals surface area contributed by atoms with Gasteiger partial charge < -0.3 is 10.1 Å². The molecular weight excluding hydrogens is 420 g/mol. The Kier molecular flexibility index (Phi) is 9.08. The quantitative estimate of drug-likeness (QED) is 0.431. The van der Waals surface area contributed by atoms with Crippen LogP contribution in [0.1, 0.15) is 50.8 Å². The highest BCUT2D eigenvalue weighted by Crippen LogP contribution is 2.21. The number of amides is 1. The van der Waals surface area contributed by atoms with Gasteiger partial charge in [-0.2, -0.15) is 0 Å². The fourth-order valence-corrected chi connectivity index (χ4v) is 4.43. The molecule has 1 aliphatic carbocycles. The molecule has 1 heterocycles. The number of ether oxygens (including phenoxy) is 1. The highest BCUT2D eigenvalue weighted by Gasteiger charge is 2.17. The highest BCUT2D eigenvalue weighted by atomic mass is 35.5. The first-order chi connectivity index (χ1) is 14.7. The van der Waals surface area contributed by atoms with Crippen LogP contribution < -0.4 is 10.1 Å². The Labute approximate surface area is 187 Å². The molecule has 0 aliphatic heterocycles. The predicted molar refractivity (Wildman–Crippen MR) is 121 cm³/mol. The molecule has 6 nitrogen and oxygen atoms in total. The third-order valence-electron chi connectivity index (χ3n) is 5.09. The van der Waals surface area contributed by atoms with Crippen LogP contribution in [0.5, 0.6) is 5.75 Å². The molecule has 1 aliphatic rings. The minimum Gasteiger partial charge on any atom is -0.486 e. The molecule has 0 unspecified atom stereocenters. The summed E-state index contributed by atoms with van der Waals surface area (Å²) < 4.78 is 7.72. The number of allylic oxidation sites excluding steroid dienone is 1. The summed E-state index contributed by atoms with van der Waals surface area (Å²) in [7, 11) is 0. The van der Waals surface area contributed by atoms with Crippen LogP contribution in [0.2, 0.25) is 5.02 Å². The normalized spacial score (nSPS) is 15.2. The minimum absolute atomic E-state index is 0.0534. The van der Waals surface area contributed by atoms with Crippen molar-refractivity contribution in [1.29, 1.82) is 0 Å². The van der Waals surface area contributed by atoms with Crippen molar-refractivity contribution < 1.29 is 9.53 Å². The van der Waals surface area contributed by atoms with Crippen molar-refractivity contribution in [3.8, 4) is 5.75 Å². The molecule has 0 radical (unpaired) electrons. The second-order valence-corrected chi connectivity index (χ2v) is 8.82. The van der Waals surface area contributed by atoms with Crippen LogP contribution in [0, 0.1) is 0 Å². The molecule has 1 aromatic heterocycles. The SMILES string of the molecule is C=CCn1c(COc2ccc(Cl)cc2)nnc1SCC(=O)NC1CCCCCCC1. The van der Waals surface area contributed by atoms with Crippen molar-refractivity contribution in [2.75, 3.05) is 5.75 Å². The van der Waals surface area contributed by atoms with E-state index in [-0.39, 0.29) is 12.5 Å². The Balaban J connectivity index is 1.53. The van der Waals surface area contributed by atoms with Crippen molar-refractivity contribution >= 4 is 29.3 Å². The van der Waals surface area contributed by atoms with Gasteiger partial charge in [0.25, 0.3) is 0 Å². The molecule has 3 rings (SSSR count). The zero-order valence-corrected chi connectivity index (χ0v) is 18.8. The molecule has 0 spiro atoms. The molecule has 1 amide bonds. The summed E-state index contributed by atoms with van der Waals surface area (Å²) in [5.74, 6) is 1.77. The van der Waals surface area contributed by atoms with E-state index in [0.717, 1.165) is 12.8 Å². The predicted octanol–water partition coefficient (Wildman–Crippen LogP) is 5.02. The summed E-state index contributed by atoms with van der Waals surface area (Å²) >= 11 is 7.30. The summed E-state index contributed by atoms with van der Waals surface area (Å²) in [5.41, 5.74) is 0. The average molecular weight is 449 g/mol. The van der Waals surface area contributed by atoms with Crippen molar-refractivity contribution in [1.82, 2.24) is 20.1 Å². The van der Waals surface area contributed by atoms with E-state index in [1.54, 1.807) is 18.2 Å². The monoisotopic (exact) mass is 448 g/mol. The van der Waals surface area contributed by atoms with Gasteiger partial charge in [-0.05, 0) is 37.1 Å². The fraction of sp³-hybridized carbons (Fsp3) is 0.500. The van der Waals surface area contributed by atoms with Gasteiger partial charge in [-0.3, -0.25) is 9.36 Å². The van der Waals surface area contributed by atoms with Gasteiger partial charge in [-0.15, -0.1) is 16.8 Å². The third kappa shape index (κ3) is 7.06. The third-order valence-corrected chi connectivity index (χ3v) is 6.31. The van der Waals surface area contributed by atoms with E-state index in [1.165, 1.54) is 43.9 Å². The lowest BCUT2D eigenvalue weighted by atomic mass is 9.97. The van der Waals surface area contributed by atoms with E-state index in [1.807, 2.05) is 16.7 Å². The molecule has 1 aromatic carbocycles. The molecule has 0 saturated heterocycles. The maximum Gasteiger partial charge on any atom is 0.230 e. The Morgan fingerprint density at radius 3 is 2.60 bits per heavy atom.